The molecule has 0 amide bonds. The number of pyridine rings is 1. The Morgan fingerprint density at radius 3 is 1.52 bits per heavy atom. The maximum Gasteiger partial charge on any atom is 0.164 e. The number of hydrogen-bond donors (Lipinski definition) is 0. The van der Waals surface area contributed by atoms with E-state index in [1.165, 1.54) is 48.6 Å². The summed E-state index contributed by atoms with van der Waals surface area (Å²) in [6.07, 6.45) is 0. The third-order valence-electron chi connectivity index (χ3n) is 13.0. The van der Waals surface area contributed by atoms with Crippen LogP contribution in [0.1, 0.15) is 22.3 Å². The normalized spacial score (nSPS) is 13.1. The van der Waals surface area contributed by atoms with Gasteiger partial charge in [-0.05, 0) is 86.3 Å². The Morgan fingerprint density at radius 1 is 0.297 bits per heavy atom. The lowest BCUT2D eigenvalue weighted by Gasteiger charge is -2.39. The van der Waals surface area contributed by atoms with Crippen LogP contribution in [0.5, 0.6) is 0 Å². The zero-order valence-corrected chi connectivity index (χ0v) is 35.3. The third-order valence-corrected chi connectivity index (χ3v) is 14.1. The Balaban J connectivity index is 0.952. The van der Waals surface area contributed by atoms with Crippen molar-refractivity contribution >= 4 is 33.4 Å². The van der Waals surface area contributed by atoms with Crippen molar-refractivity contribution in [1.29, 1.82) is 0 Å². The fourth-order valence-electron chi connectivity index (χ4n) is 10.1. The average Bonchev–Trinajstić information content (AvgIpc) is 3.65. The minimum Gasteiger partial charge on any atom is -0.247 e. The van der Waals surface area contributed by atoms with E-state index in [1.807, 2.05) is 72.4 Å². The summed E-state index contributed by atoms with van der Waals surface area (Å²) >= 11 is 1.88. The molecule has 0 N–H and O–H groups in total. The molecule has 1 spiro atoms. The van der Waals surface area contributed by atoms with Gasteiger partial charge in [-0.3, -0.25) is 0 Å². The van der Waals surface area contributed by atoms with Crippen molar-refractivity contribution in [3.63, 3.8) is 0 Å². The highest BCUT2D eigenvalue weighted by Crippen LogP contribution is 2.62. The molecule has 9 aromatic carbocycles. The number of fused-ring (bicyclic) bond motifs is 12. The first kappa shape index (κ1) is 36.6. The lowest BCUT2D eigenvalue weighted by atomic mass is 9.67. The second-order valence-corrected chi connectivity index (χ2v) is 17.6. The van der Waals surface area contributed by atoms with E-state index in [-0.39, 0.29) is 0 Å². The van der Waals surface area contributed by atoms with E-state index >= 15 is 0 Å². The number of rotatable bonds is 5. The Hall–Kier alpha value is -7.99. The van der Waals surface area contributed by atoms with E-state index in [9.17, 15) is 0 Å². The molecule has 0 saturated carbocycles. The zero-order chi connectivity index (χ0) is 42.2. The molecule has 2 aliphatic rings. The summed E-state index contributed by atoms with van der Waals surface area (Å²) in [7, 11) is 0. The molecule has 1 aliphatic heterocycles. The van der Waals surface area contributed by atoms with Gasteiger partial charge in [0.15, 0.2) is 17.5 Å². The van der Waals surface area contributed by atoms with Crippen molar-refractivity contribution in [1.82, 2.24) is 19.9 Å². The van der Waals surface area contributed by atoms with Gasteiger partial charge >= 0.3 is 0 Å². The Morgan fingerprint density at radius 2 is 0.828 bits per heavy atom. The van der Waals surface area contributed by atoms with Crippen LogP contribution in [0.4, 0.5) is 0 Å². The molecule has 0 radical (unpaired) electrons. The maximum atomic E-state index is 5.43. The van der Waals surface area contributed by atoms with Crippen LogP contribution in [-0.4, -0.2) is 19.9 Å². The first-order chi connectivity index (χ1) is 31.7. The molecule has 298 valence electrons. The molecular weight excluding hydrogens is 797 g/mol. The summed E-state index contributed by atoms with van der Waals surface area (Å²) in [5.41, 5.74) is 15.4. The van der Waals surface area contributed by atoms with Crippen LogP contribution in [-0.2, 0) is 5.41 Å². The van der Waals surface area contributed by atoms with E-state index in [1.54, 1.807) is 0 Å². The summed E-state index contributed by atoms with van der Waals surface area (Å²) in [5.74, 6) is 1.92. The standard InChI is InChI=1S/C59H36N4S/c1-3-16-39(17-4-1)56-61-57(40-18-5-2-6-19-40)63-58(62-56)42-21-15-20-41(34-42)37-30-32-38(33-31-37)55-47-35-46-43-22-7-9-24-48(43)59(51(46)36-45(47)44-23-8-12-27-52(44)60-55)49-25-10-13-28-53(49)64-54-29-14-11-26-50(54)59/h1-36H. The van der Waals surface area contributed by atoms with Gasteiger partial charge < -0.3 is 0 Å². The van der Waals surface area contributed by atoms with Gasteiger partial charge in [0.25, 0.3) is 0 Å². The molecule has 1 aliphatic carbocycles. The van der Waals surface area contributed by atoms with Crippen molar-refractivity contribution in [3.8, 4) is 67.7 Å². The molecule has 11 aromatic rings. The fourth-order valence-corrected chi connectivity index (χ4v) is 11.3. The van der Waals surface area contributed by atoms with Crippen molar-refractivity contribution in [2.45, 2.75) is 15.2 Å². The quantitative estimate of drug-likeness (QED) is 0.162. The molecule has 13 rings (SSSR count). The average molecular weight is 833 g/mol. The molecule has 0 fully saturated rings. The van der Waals surface area contributed by atoms with Gasteiger partial charge in [0, 0.05) is 42.8 Å². The Kier molecular flexibility index (Phi) is 8.33. The molecule has 4 nitrogen and oxygen atoms in total. The lowest BCUT2D eigenvalue weighted by Crippen LogP contribution is -2.31. The van der Waals surface area contributed by atoms with Crippen molar-refractivity contribution < 1.29 is 0 Å². The van der Waals surface area contributed by atoms with E-state index < -0.39 is 5.41 Å². The van der Waals surface area contributed by atoms with Crippen molar-refractivity contribution in [2.75, 3.05) is 0 Å². The molecular formula is C59H36N4S. The Bertz CT molecular complexity index is 3540. The fraction of sp³-hybridized carbons (Fsp3) is 0.0169. The SMILES string of the molecule is c1ccc(-c2nc(-c3ccccc3)nc(-c3cccc(-c4ccc(-c5nc6ccccc6c6cc7c(cc56)-c5ccccc5C75c6ccccc6Sc6ccccc65)cc4)c3)n2)cc1. The van der Waals surface area contributed by atoms with Gasteiger partial charge in [0.05, 0.1) is 16.6 Å². The summed E-state index contributed by atoms with van der Waals surface area (Å²) in [4.78, 5) is 22.9. The van der Waals surface area contributed by atoms with Gasteiger partial charge in [-0.1, -0.05) is 194 Å². The minimum absolute atomic E-state index is 0.452. The van der Waals surface area contributed by atoms with E-state index in [2.05, 4.69) is 158 Å². The third kappa shape index (κ3) is 5.64. The lowest BCUT2D eigenvalue weighted by molar-refractivity contribution is 0.723. The molecule has 3 heterocycles. The molecule has 2 aromatic heterocycles. The number of aromatic nitrogens is 4. The molecule has 0 saturated heterocycles. The van der Waals surface area contributed by atoms with Crippen LogP contribution in [0, 0.1) is 0 Å². The van der Waals surface area contributed by atoms with Crippen LogP contribution in [0.2, 0.25) is 0 Å². The van der Waals surface area contributed by atoms with Gasteiger partial charge in [-0.25, -0.2) is 19.9 Å². The number of benzene rings is 9. The highest BCUT2D eigenvalue weighted by molar-refractivity contribution is 7.99. The number of nitrogens with zero attached hydrogens (tertiary/aromatic N) is 4. The summed E-state index contributed by atoms with van der Waals surface area (Å²) in [6, 6.07) is 78.1. The highest BCUT2D eigenvalue weighted by atomic mass is 32.2. The van der Waals surface area contributed by atoms with Gasteiger partial charge in [-0.15, -0.1) is 0 Å². The number of hydrogen-bond acceptors (Lipinski definition) is 5. The largest absolute Gasteiger partial charge is 0.247 e. The van der Waals surface area contributed by atoms with Crippen LogP contribution < -0.4 is 0 Å². The molecule has 0 bridgehead atoms. The van der Waals surface area contributed by atoms with Crippen LogP contribution in [0.15, 0.2) is 228 Å². The van der Waals surface area contributed by atoms with Crippen molar-refractivity contribution in [2.24, 2.45) is 0 Å². The Labute approximate surface area is 375 Å². The number of para-hydroxylation sites is 1. The second kappa shape index (κ2) is 14.6. The molecule has 5 heteroatoms. The summed E-state index contributed by atoms with van der Waals surface area (Å²) in [5, 5.41) is 3.50. The smallest absolute Gasteiger partial charge is 0.164 e. The van der Waals surface area contributed by atoms with Gasteiger partial charge in [0.1, 0.15) is 0 Å². The molecule has 0 atom stereocenters. The summed E-state index contributed by atoms with van der Waals surface area (Å²) < 4.78 is 0. The van der Waals surface area contributed by atoms with Gasteiger partial charge in [-0.2, -0.15) is 0 Å². The van der Waals surface area contributed by atoms with E-state index in [0.29, 0.717) is 17.5 Å². The topological polar surface area (TPSA) is 51.6 Å². The molecule has 64 heavy (non-hydrogen) atoms. The van der Waals surface area contributed by atoms with Crippen molar-refractivity contribution in [3.05, 3.63) is 241 Å². The highest BCUT2D eigenvalue weighted by Gasteiger charge is 2.50. The van der Waals surface area contributed by atoms with E-state index in [0.717, 1.165) is 55.4 Å². The molecule has 0 unspecified atom stereocenters. The first-order valence-electron chi connectivity index (χ1n) is 21.6. The van der Waals surface area contributed by atoms with Crippen LogP contribution in [0.3, 0.4) is 0 Å². The minimum atomic E-state index is -0.452. The second-order valence-electron chi connectivity index (χ2n) is 16.5. The predicted octanol–water partition coefficient (Wildman–Crippen LogP) is 14.7. The predicted molar refractivity (Wildman–Crippen MR) is 261 cm³/mol. The van der Waals surface area contributed by atoms with E-state index in [4.69, 9.17) is 19.9 Å². The monoisotopic (exact) mass is 832 g/mol. The first-order valence-corrected chi connectivity index (χ1v) is 22.4. The van der Waals surface area contributed by atoms with Gasteiger partial charge in [0.2, 0.25) is 0 Å². The van der Waals surface area contributed by atoms with Crippen LogP contribution in [0.25, 0.3) is 89.4 Å². The zero-order valence-electron chi connectivity index (χ0n) is 34.5. The maximum absolute atomic E-state index is 5.43. The summed E-state index contributed by atoms with van der Waals surface area (Å²) in [6.45, 7) is 0. The van der Waals surface area contributed by atoms with Crippen LogP contribution >= 0.6 is 11.8 Å².